The van der Waals surface area contributed by atoms with E-state index in [4.69, 9.17) is 0 Å². The molecule has 1 aromatic carbocycles. The lowest BCUT2D eigenvalue weighted by molar-refractivity contribution is -0.380. The van der Waals surface area contributed by atoms with E-state index in [1.165, 1.54) is 23.0 Å². The molecular formula is C13H10N4O2S2. The number of nitro groups is 1. The molecule has 0 saturated carbocycles. The Balaban J connectivity index is 1.73. The highest BCUT2D eigenvalue weighted by molar-refractivity contribution is 7.22. The summed E-state index contributed by atoms with van der Waals surface area (Å²) in [5, 5.41) is 15.4. The fraction of sp³-hybridized carbons (Fsp3) is 0.0769. The van der Waals surface area contributed by atoms with Crippen molar-refractivity contribution < 1.29 is 4.92 Å². The van der Waals surface area contributed by atoms with E-state index in [-0.39, 0.29) is 5.00 Å². The van der Waals surface area contributed by atoms with Gasteiger partial charge in [-0.2, -0.15) is 5.10 Å². The molecule has 3 rings (SSSR count). The van der Waals surface area contributed by atoms with Crippen LogP contribution in [-0.2, 0) is 0 Å². The zero-order chi connectivity index (χ0) is 14.8. The maximum atomic E-state index is 10.6. The number of hydrazone groups is 1. The summed E-state index contributed by atoms with van der Waals surface area (Å²) in [6.07, 6.45) is 1.55. The molecule has 0 bridgehead atoms. The summed E-state index contributed by atoms with van der Waals surface area (Å²) in [6.45, 7) is 2.04. The average molecular weight is 318 g/mol. The van der Waals surface area contributed by atoms with Gasteiger partial charge in [0.05, 0.1) is 26.2 Å². The number of anilines is 1. The Kier molecular flexibility index (Phi) is 3.63. The van der Waals surface area contributed by atoms with Gasteiger partial charge in [-0.25, -0.2) is 4.98 Å². The quantitative estimate of drug-likeness (QED) is 0.447. The van der Waals surface area contributed by atoms with Crippen LogP contribution < -0.4 is 5.43 Å². The van der Waals surface area contributed by atoms with Gasteiger partial charge in [-0.1, -0.05) is 28.7 Å². The van der Waals surface area contributed by atoms with Crippen LogP contribution in [0.1, 0.15) is 10.4 Å². The van der Waals surface area contributed by atoms with Crippen LogP contribution >= 0.6 is 22.7 Å². The highest BCUT2D eigenvalue weighted by Gasteiger charge is 2.08. The smallest absolute Gasteiger partial charge is 0.258 e. The van der Waals surface area contributed by atoms with Gasteiger partial charge in [-0.15, -0.1) is 0 Å². The number of rotatable bonds is 4. The second-order valence-corrected chi connectivity index (χ2v) is 6.42. The van der Waals surface area contributed by atoms with Crippen LogP contribution in [0.15, 0.2) is 35.4 Å². The minimum Gasteiger partial charge on any atom is -0.258 e. The van der Waals surface area contributed by atoms with Crippen molar-refractivity contribution in [1.82, 2.24) is 4.98 Å². The highest BCUT2D eigenvalue weighted by Crippen LogP contribution is 2.27. The molecule has 0 radical (unpaired) electrons. The molecule has 0 aliphatic rings. The number of fused-ring (bicyclic) bond motifs is 1. The number of nitrogens with one attached hydrogen (secondary N) is 1. The molecule has 21 heavy (non-hydrogen) atoms. The third-order valence-electron chi connectivity index (χ3n) is 2.69. The lowest BCUT2D eigenvalue weighted by Gasteiger charge is -1.90. The number of hydrogen-bond acceptors (Lipinski definition) is 7. The minimum absolute atomic E-state index is 0.104. The SMILES string of the molecule is Cc1ccc2nc(NN=Cc3ccc([N+](=O)[O-])s3)sc2c1. The average Bonchev–Trinajstić information content (AvgIpc) is 3.04. The number of aromatic nitrogens is 1. The van der Waals surface area contributed by atoms with E-state index < -0.39 is 4.92 Å². The number of hydrogen-bond donors (Lipinski definition) is 1. The van der Waals surface area contributed by atoms with Crippen LogP contribution in [0.3, 0.4) is 0 Å². The molecule has 0 aliphatic carbocycles. The second kappa shape index (κ2) is 5.58. The summed E-state index contributed by atoms with van der Waals surface area (Å²) in [6, 6.07) is 9.19. The van der Waals surface area contributed by atoms with Gasteiger partial charge < -0.3 is 0 Å². The van der Waals surface area contributed by atoms with Crippen LogP contribution in [0.25, 0.3) is 10.2 Å². The largest absolute Gasteiger partial charge is 0.324 e. The Morgan fingerprint density at radius 2 is 2.19 bits per heavy atom. The first-order valence-electron chi connectivity index (χ1n) is 6.02. The molecule has 0 unspecified atom stereocenters. The lowest BCUT2D eigenvalue weighted by atomic mass is 10.2. The number of thiophene rings is 1. The van der Waals surface area contributed by atoms with Crippen LogP contribution in [0, 0.1) is 17.0 Å². The standard InChI is InChI=1S/C13H10N4O2S2/c1-8-2-4-10-11(6-8)21-13(15-10)16-14-7-9-3-5-12(20-9)17(18)19/h2-7H,1H3,(H,15,16). The molecule has 0 atom stereocenters. The van der Waals surface area contributed by atoms with E-state index in [1.54, 1.807) is 12.3 Å². The highest BCUT2D eigenvalue weighted by atomic mass is 32.1. The fourth-order valence-corrected chi connectivity index (χ4v) is 3.35. The Morgan fingerprint density at radius 1 is 1.33 bits per heavy atom. The molecule has 0 saturated heterocycles. The van der Waals surface area contributed by atoms with Gasteiger partial charge in [0.15, 0.2) is 0 Å². The van der Waals surface area contributed by atoms with Crippen LogP contribution in [-0.4, -0.2) is 16.1 Å². The summed E-state index contributed by atoms with van der Waals surface area (Å²) < 4.78 is 1.10. The van der Waals surface area contributed by atoms with E-state index in [2.05, 4.69) is 21.6 Å². The van der Waals surface area contributed by atoms with Crippen molar-refractivity contribution >= 4 is 49.2 Å². The summed E-state index contributed by atoms with van der Waals surface area (Å²) in [5.74, 6) is 0. The van der Waals surface area contributed by atoms with Crippen molar-refractivity contribution in [3.8, 4) is 0 Å². The topological polar surface area (TPSA) is 80.4 Å². The predicted molar refractivity (Wildman–Crippen MR) is 86.5 cm³/mol. The first kappa shape index (κ1) is 13.7. The van der Waals surface area contributed by atoms with Gasteiger partial charge in [0.2, 0.25) is 5.13 Å². The van der Waals surface area contributed by atoms with Crippen molar-refractivity contribution in [1.29, 1.82) is 0 Å². The molecule has 0 aliphatic heterocycles. The first-order valence-corrected chi connectivity index (χ1v) is 7.65. The van der Waals surface area contributed by atoms with Gasteiger partial charge >= 0.3 is 5.00 Å². The third-order valence-corrected chi connectivity index (χ3v) is 4.58. The Bertz CT molecular complexity index is 838. The van der Waals surface area contributed by atoms with E-state index >= 15 is 0 Å². The molecule has 1 N–H and O–H groups in total. The lowest BCUT2D eigenvalue weighted by Crippen LogP contribution is -1.87. The molecular weight excluding hydrogens is 308 g/mol. The van der Waals surface area contributed by atoms with Crippen LogP contribution in [0.5, 0.6) is 0 Å². The summed E-state index contributed by atoms with van der Waals surface area (Å²) in [5.41, 5.74) is 4.97. The van der Waals surface area contributed by atoms with Crippen molar-refractivity contribution in [3.05, 3.63) is 50.9 Å². The van der Waals surface area contributed by atoms with Gasteiger partial charge in [0.1, 0.15) is 0 Å². The van der Waals surface area contributed by atoms with E-state index in [0.29, 0.717) is 10.0 Å². The Labute approximate surface area is 127 Å². The molecule has 106 valence electrons. The van der Waals surface area contributed by atoms with Gasteiger partial charge in [0.25, 0.3) is 0 Å². The molecule has 3 aromatic rings. The first-order chi connectivity index (χ1) is 10.1. The zero-order valence-electron chi connectivity index (χ0n) is 10.9. The fourth-order valence-electron chi connectivity index (χ4n) is 1.74. The normalized spacial score (nSPS) is 11.3. The number of nitrogens with zero attached hydrogens (tertiary/aromatic N) is 3. The van der Waals surface area contributed by atoms with E-state index in [0.717, 1.165) is 21.6 Å². The summed E-state index contributed by atoms with van der Waals surface area (Å²) in [7, 11) is 0. The molecule has 0 spiro atoms. The Morgan fingerprint density at radius 3 is 2.95 bits per heavy atom. The predicted octanol–water partition coefficient (Wildman–Crippen LogP) is 4.02. The molecule has 6 nitrogen and oxygen atoms in total. The molecule has 0 fully saturated rings. The number of aryl methyl sites for hydroxylation is 1. The number of benzene rings is 1. The maximum absolute atomic E-state index is 10.6. The molecule has 8 heteroatoms. The van der Waals surface area contributed by atoms with Gasteiger partial charge in [-0.05, 0) is 30.7 Å². The van der Waals surface area contributed by atoms with Crippen LogP contribution in [0.4, 0.5) is 10.1 Å². The van der Waals surface area contributed by atoms with Crippen LogP contribution in [0.2, 0.25) is 0 Å². The van der Waals surface area contributed by atoms with E-state index in [9.17, 15) is 10.1 Å². The van der Waals surface area contributed by atoms with Gasteiger partial charge in [-0.3, -0.25) is 15.5 Å². The Hall–Kier alpha value is -2.32. The summed E-state index contributed by atoms with van der Waals surface area (Å²) in [4.78, 5) is 15.3. The van der Waals surface area contributed by atoms with Crippen molar-refractivity contribution in [2.45, 2.75) is 6.92 Å². The summed E-state index contributed by atoms with van der Waals surface area (Å²) >= 11 is 2.59. The minimum atomic E-state index is -0.411. The molecule has 2 heterocycles. The second-order valence-electron chi connectivity index (χ2n) is 4.29. The number of thiazole rings is 1. The van der Waals surface area contributed by atoms with E-state index in [1.807, 2.05) is 19.1 Å². The van der Waals surface area contributed by atoms with Gasteiger partial charge in [0, 0.05) is 6.07 Å². The zero-order valence-corrected chi connectivity index (χ0v) is 12.6. The third kappa shape index (κ3) is 3.06. The maximum Gasteiger partial charge on any atom is 0.324 e. The van der Waals surface area contributed by atoms with Crippen molar-refractivity contribution in [3.63, 3.8) is 0 Å². The monoisotopic (exact) mass is 318 g/mol. The molecule has 2 aromatic heterocycles. The molecule has 0 amide bonds. The van der Waals surface area contributed by atoms with Crippen molar-refractivity contribution in [2.75, 3.05) is 5.43 Å². The van der Waals surface area contributed by atoms with Crippen molar-refractivity contribution in [2.24, 2.45) is 5.10 Å².